The number of unbranched alkanes of at least 4 members (excludes halogenated alkanes) is 1. The van der Waals surface area contributed by atoms with Crippen LogP contribution in [0.25, 0.3) is 0 Å². The normalized spacial score (nSPS) is 10.5. The molecule has 2 aromatic carbocycles. The van der Waals surface area contributed by atoms with Gasteiger partial charge in [-0.05, 0) is 79.5 Å². The van der Waals surface area contributed by atoms with E-state index in [4.69, 9.17) is 21.7 Å². The van der Waals surface area contributed by atoms with Crippen LogP contribution in [0, 0.1) is 5.92 Å². The zero-order valence-corrected chi connectivity index (χ0v) is 17.3. The van der Waals surface area contributed by atoms with Crippen LogP contribution in [0.3, 0.4) is 0 Å². The van der Waals surface area contributed by atoms with E-state index in [2.05, 4.69) is 31.4 Å². The maximum absolute atomic E-state index is 5.73. The van der Waals surface area contributed by atoms with Gasteiger partial charge in [0.2, 0.25) is 0 Å². The molecule has 0 aliphatic rings. The van der Waals surface area contributed by atoms with Crippen LogP contribution in [0.15, 0.2) is 48.5 Å². The molecular formula is C22H30N2O2S. The Bertz CT molecular complexity index is 684. The molecule has 0 aliphatic carbocycles. The van der Waals surface area contributed by atoms with Gasteiger partial charge in [0.25, 0.3) is 0 Å². The lowest BCUT2D eigenvalue weighted by molar-refractivity contribution is 0.289. The molecule has 0 unspecified atom stereocenters. The first kappa shape index (κ1) is 21.0. The van der Waals surface area contributed by atoms with Crippen LogP contribution in [-0.4, -0.2) is 18.3 Å². The van der Waals surface area contributed by atoms with Gasteiger partial charge in [-0.3, -0.25) is 0 Å². The van der Waals surface area contributed by atoms with Crippen LogP contribution in [0.4, 0.5) is 11.4 Å². The second-order valence-corrected chi connectivity index (χ2v) is 7.27. The number of hydrogen-bond acceptors (Lipinski definition) is 3. The number of benzene rings is 2. The minimum absolute atomic E-state index is 0.545. The minimum atomic E-state index is 0.545. The maximum atomic E-state index is 5.73. The zero-order valence-electron chi connectivity index (χ0n) is 16.5. The Balaban J connectivity index is 1.77. The molecule has 27 heavy (non-hydrogen) atoms. The third kappa shape index (κ3) is 8.31. The number of nitrogens with one attached hydrogen (secondary N) is 2. The first-order chi connectivity index (χ1) is 13.1. The Morgan fingerprint density at radius 3 is 1.78 bits per heavy atom. The highest BCUT2D eigenvalue weighted by Crippen LogP contribution is 2.18. The summed E-state index contributed by atoms with van der Waals surface area (Å²) in [5, 5.41) is 6.91. The third-order valence-corrected chi connectivity index (χ3v) is 4.16. The molecular weight excluding hydrogens is 356 g/mol. The van der Waals surface area contributed by atoms with Crippen molar-refractivity contribution in [1.82, 2.24) is 0 Å². The summed E-state index contributed by atoms with van der Waals surface area (Å²) in [4.78, 5) is 0. The Kier molecular flexibility index (Phi) is 8.92. The van der Waals surface area contributed by atoms with Gasteiger partial charge in [-0.2, -0.15) is 0 Å². The lowest BCUT2D eigenvalue weighted by Crippen LogP contribution is -2.18. The van der Waals surface area contributed by atoms with Crippen LogP contribution in [0.2, 0.25) is 0 Å². The van der Waals surface area contributed by atoms with Crippen molar-refractivity contribution in [3.63, 3.8) is 0 Å². The Morgan fingerprint density at radius 1 is 0.852 bits per heavy atom. The third-order valence-electron chi connectivity index (χ3n) is 3.95. The highest BCUT2D eigenvalue weighted by atomic mass is 32.1. The molecule has 0 bridgehead atoms. The molecule has 2 rings (SSSR count). The summed E-state index contributed by atoms with van der Waals surface area (Å²) in [5.74, 6) is 2.39. The maximum Gasteiger partial charge on any atom is 0.175 e. The molecule has 0 aliphatic heterocycles. The summed E-state index contributed by atoms with van der Waals surface area (Å²) >= 11 is 5.38. The molecule has 5 heteroatoms. The van der Waals surface area contributed by atoms with Crippen LogP contribution in [0.1, 0.15) is 40.0 Å². The predicted octanol–water partition coefficient (Wildman–Crippen LogP) is 6.10. The molecule has 4 nitrogen and oxygen atoms in total. The van der Waals surface area contributed by atoms with Gasteiger partial charge in [0.1, 0.15) is 11.5 Å². The van der Waals surface area contributed by atoms with Gasteiger partial charge in [0, 0.05) is 11.4 Å². The van der Waals surface area contributed by atoms with E-state index in [0.717, 1.165) is 55.4 Å². The minimum Gasteiger partial charge on any atom is -0.494 e. The topological polar surface area (TPSA) is 42.5 Å². The van der Waals surface area contributed by atoms with Crippen molar-refractivity contribution in [3.8, 4) is 11.5 Å². The second-order valence-electron chi connectivity index (χ2n) is 6.86. The molecule has 0 atom stereocenters. The van der Waals surface area contributed by atoms with Crippen molar-refractivity contribution in [3.05, 3.63) is 48.5 Å². The standard InChI is InChI=1S/C22H30N2O2S/c1-4-5-15-25-20-10-6-18(7-11-20)23-22(27)24-19-8-12-21(13-9-19)26-16-14-17(2)3/h6-13,17H,4-5,14-16H2,1-3H3,(H2,23,24,27). The number of rotatable bonds is 10. The van der Waals surface area contributed by atoms with Gasteiger partial charge in [-0.15, -0.1) is 0 Å². The molecule has 2 N–H and O–H groups in total. The Morgan fingerprint density at radius 2 is 1.33 bits per heavy atom. The fourth-order valence-electron chi connectivity index (χ4n) is 2.31. The quantitative estimate of drug-likeness (QED) is 0.381. The van der Waals surface area contributed by atoms with Crippen LogP contribution in [-0.2, 0) is 0 Å². The number of ether oxygens (including phenoxy) is 2. The van der Waals surface area contributed by atoms with E-state index in [9.17, 15) is 0 Å². The summed E-state index contributed by atoms with van der Waals surface area (Å²) in [7, 11) is 0. The van der Waals surface area contributed by atoms with E-state index in [1.807, 2.05) is 48.5 Å². The van der Waals surface area contributed by atoms with E-state index in [1.165, 1.54) is 0 Å². The van der Waals surface area contributed by atoms with Gasteiger partial charge < -0.3 is 20.1 Å². The Labute approximate surface area is 168 Å². The lowest BCUT2D eigenvalue weighted by atomic mass is 10.1. The first-order valence-electron chi connectivity index (χ1n) is 9.60. The molecule has 146 valence electrons. The van der Waals surface area contributed by atoms with Gasteiger partial charge in [0.15, 0.2) is 5.11 Å². The lowest BCUT2D eigenvalue weighted by Gasteiger charge is -2.12. The Hall–Kier alpha value is -2.27. The zero-order chi connectivity index (χ0) is 19.5. The second kappa shape index (κ2) is 11.4. The molecule has 0 spiro atoms. The van der Waals surface area contributed by atoms with Crippen LogP contribution >= 0.6 is 12.2 Å². The van der Waals surface area contributed by atoms with E-state index >= 15 is 0 Å². The summed E-state index contributed by atoms with van der Waals surface area (Å²) in [6.07, 6.45) is 3.25. The van der Waals surface area contributed by atoms with Crippen molar-refractivity contribution in [2.24, 2.45) is 5.92 Å². The van der Waals surface area contributed by atoms with Crippen molar-refractivity contribution < 1.29 is 9.47 Å². The summed E-state index contributed by atoms with van der Waals surface area (Å²) in [6.45, 7) is 8.02. The van der Waals surface area contributed by atoms with Crippen LogP contribution in [0.5, 0.6) is 11.5 Å². The van der Waals surface area contributed by atoms with Crippen molar-refractivity contribution in [1.29, 1.82) is 0 Å². The molecule has 0 amide bonds. The summed E-state index contributed by atoms with van der Waals surface area (Å²) in [6, 6.07) is 15.6. The summed E-state index contributed by atoms with van der Waals surface area (Å²) in [5.41, 5.74) is 1.84. The predicted molar refractivity (Wildman–Crippen MR) is 118 cm³/mol. The van der Waals surface area contributed by atoms with Crippen molar-refractivity contribution >= 4 is 28.7 Å². The molecule has 0 aromatic heterocycles. The number of thiocarbonyl (C=S) groups is 1. The van der Waals surface area contributed by atoms with Crippen LogP contribution < -0.4 is 20.1 Å². The van der Waals surface area contributed by atoms with Gasteiger partial charge in [-0.1, -0.05) is 27.2 Å². The van der Waals surface area contributed by atoms with Gasteiger partial charge in [0.05, 0.1) is 13.2 Å². The van der Waals surface area contributed by atoms with E-state index in [1.54, 1.807) is 0 Å². The number of hydrogen-bond donors (Lipinski definition) is 2. The SMILES string of the molecule is CCCCOc1ccc(NC(=S)Nc2ccc(OCCC(C)C)cc2)cc1. The van der Waals surface area contributed by atoms with Gasteiger partial charge in [-0.25, -0.2) is 0 Å². The molecule has 0 saturated heterocycles. The largest absolute Gasteiger partial charge is 0.494 e. The molecule has 0 saturated carbocycles. The van der Waals surface area contributed by atoms with E-state index in [-0.39, 0.29) is 0 Å². The highest BCUT2D eigenvalue weighted by molar-refractivity contribution is 7.80. The average Bonchev–Trinajstić information content (AvgIpc) is 2.64. The smallest absolute Gasteiger partial charge is 0.175 e. The summed E-state index contributed by atoms with van der Waals surface area (Å²) < 4.78 is 11.4. The van der Waals surface area contributed by atoms with Crippen molar-refractivity contribution in [2.75, 3.05) is 23.8 Å². The van der Waals surface area contributed by atoms with E-state index in [0.29, 0.717) is 11.0 Å². The molecule has 2 aromatic rings. The van der Waals surface area contributed by atoms with E-state index < -0.39 is 0 Å². The fourth-order valence-corrected chi connectivity index (χ4v) is 2.54. The van der Waals surface area contributed by atoms with Crippen molar-refractivity contribution in [2.45, 2.75) is 40.0 Å². The number of anilines is 2. The fraction of sp³-hybridized carbons (Fsp3) is 0.409. The monoisotopic (exact) mass is 386 g/mol. The molecule has 0 heterocycles. The molecule has 0 fully saturated rings. The highest BCUT2D eigenvalue weighted by Gasteiger charge is 2.02. The first-order valence-corrected chi connectivity index (χ1v) is 10.0. The van der Waals surface area contributed by atoms with Gasteiger partial charge >= 0.3 is 0 Å². The molecule has 0 radical (unpaired) electrons. The average molecular weight is 387 g/mol.